The van der Waals surface area contributed by atoms with Crippen LogP contribution in [-0.2, 0) is 32.9 Å². The van der Waals surface area contributed by atoms with Crippen LogP contribution < -0.4 is 5.14 Å². The molecule has 2 N–H and O–H groups in total. The zero-order chi connectivity index (χ0) is 19.1. The monoisotopic (exact) mass is 394 g/mol. The van der Waals surface area contributed by atoms with Gasteiger partial charge < -0.3 is 0 Å². The Hall–Kier alpha value is -1.74. The smallest absolute Gasteiger partial charge is 0.225 e. The number of nitrogens with zero attached hydrogens (tertiary/aromatic N) is 1. The number of rotatable bonds is 5. The molecule has 2 aromatic rings. The Balaban J connectivity index is 1.88. The van der Waals surface area contributed by atoms with Gasteiger partial charge in [0.25, 0.3) is 0 Å². The number of aryl methyl sites for hydroxylation is 2. The summed E-state index contributed by atoms with van der Waals surface area (Å²) >= 11 is 0. The van der Waals surface area contributed by atoms with Crippen LogP contribution in [0.2, 0.25) is 0 Å². The minimum Gasteiger partial charge on any atom is -0.225 e. The molecule has 3 rings (SSSR count). The molecule has 0 saturated carbocycles. The molecule has 0 spiro atoms. The highest BCUT2D eigenvalue weighted by Crippen LogP contribution is 2.29. The zero-order valence-electron chi connectivity index (χ0n) is 14.7. The summed E-state index contributed by atoms with van der Waals surface area (Å²) < 4.78 is 50.0. The Bertz CT molecular complexity index is 1030. The third-order valence-corrected chi connectivity index (χ3v) is 7.84. The van der Waals surface area contributed by atoms with E-state index in [4.69, 9.17) is 5.14 Å². The average Bonchev–Trinajstić information content (AvgIpc) is 3.07. The Morgan fingerprint density at radius 1 is 0.923 bits per heavy atom. The topological polar surface area (TPSA) is 97.5 Å². The van der Waals surface area contributed by atoms with Crippen LogP contribution >= 0.6 is 0 Å². The van der Waals surface area contributed by atoms with Crippen molar-refractivity contribution in [2.75, 3.05) is 7.05 Å². The number of primary sulfonamides is 1. The van der Waals surface area contributed by atoms with E-state index in [0.29, 0.717) is 5.56 Å². The van der Waals surface area contributed by atoms with Crippen LogP contribution in [0.5, 0.6) is 0 Å². The van der Waals surface area contributed by atoms with Gasteiger partial charge in [0.15, 0.2) is 0 Å². The highest BCUT2D eigenvalue weighted by Gasteiger charge is 2.27. The van der Waals surface area contributed by atoms with E-state index in [2.05, 4.69) is 0 Å². The maximum Gasteiger partial charge on any atom is 0.243 e. The van der Waals surface area contributed by atoms with Gasteiger partial charge >= 0.3 is 0 Å². The summed E-state index contributed by atoms with van der Waals surface area (Å²) in [4.78, 5) is 0.284. The van der Waals surface area contributed by atoms with Gasteiger partial charge in [0.1, 0.15) is 0 Å². The fourth-order valence-electron chi connectivity index (χ4n) is 3.23. The van der Waals surface area contributed by atoms with Crippen LogP contribution in [0.15, 0.2) is 52.3 Å². The Labute approximate surface area is 154 Å². The number of hydrogen-bond acceptors (Lipinski definition) is 4. The lowest BCUT2D eigenvalue weighted by Crippen LogP contribution is -2.30. The van der Waals surface area contributed by atoms with Crippen molar-refractivity contribution < 1.29 is 16.8 Å². The van der Waals surface area contributed by atoms with E-state index in [-0.39, 0.29) is 9.79 Å². The quantitative estimate of drug-likeness (QED) is 0.841. The molecule has 0 heterocycles. The summed E-state index contributed by atoms with van der Waals surface area (Å²) in [6.07, 6.45) is 2.97. The lowest BCUT2D eigenvalue weighted by atomic mass is 10.1. The van der Waals surface area contributed by atoms with Crippen LogP contribution in [0.3, 0.4) is 0 Å². The Morgan fingerprint density at radius 2 is 1.50 bits per heavy atom. The predicted octanol–water partition coefficient (Wildman–Crippen LogP) is 2.20. The van der Waals surface area contributed by atoms with Crippen molar-refractivity contribution in [2.45, 2.75) is 42.0 Å². The normalized spacial score (nSPS) is 15.8. The first-order valence-electron chi connectivity index (χ1n) is 8.33. The molecule has 0 radical (unpaired) electrons. The standard InChI is InChI=1S/C18H22N2O4S2/c1-13(14-6-9-17(10-7-14)25(19,21)22)20(2)26(23,24)18-11-8-15-4-3-5-16(15)12-18/h6-13H,3-5H2,1-2H3,(H2,19,21,22)/t13-/m1/s1. The molecule has 1 atom stereocenters. The first-order chi connectivity index (χ1) is 12.1. The molecule has 0 fully saturated rings. The molecule has 6 nitrogen and oxygen atoms in total. The summed E-state index contributed by atoms with van der Waals surface area (Å²) in [5.74, 6) is 0. The molecule has 0 amide bonds. The van der Waals surface area contributed by atoms with Gasteiger partial charge in [0.2, 0.25) is 20.0 Å². The predicted molar refractivity (Wildman–Crippen MR) is 99.6 cm³/mol. The molecule has 0 bridgehead atoms. The van der Waals surface area contributed by atoms with E-state index in [0.717, 1.165) is 24.8 Å². The largest absolute Gasteiger partial charge is 0.243 e. The summed E-state index contributed by atoms with van der Waals surface area (Å²) in [6, 6.07) is 10.8. The van der Waals surface area contributed by atoms with Crippen molar-refractivity contribution in [3.05, 3.63) is 59.2 Å². The van der Waals surface area contributed by atoms with E-state index in [1.807, 2.05) is 6.07 Å². The molecule has 0 aliphatic heterocycles. The minimum atomic E-state index is -3.77. The highest BCUT2D eigenvalue weighted by molar-refractivity contribution is 7.89. The summed E-state index contributed by atoms with van der Waals surface area (Å²) in [6.45, 7) is 1.76. The van der Waals surface area contributed by atoms with E-state index in [1.165, 1.54) is 29.0 Å². The fourth-order valence-corrected chi connectivity index (χ4v) is 5.15. The van der Waals surface area contributed by atoms with Crippen LogP contribution in [-0.4, -0.2) is 28.2 Å². The molecule has 26 heavy (non-hydrogen) atoms. The second-order valence-corrected chi connectivity index (χ2v) is 10.2. The van der Waals surface area contributed by atoms with Crippen LogP contribution in [0.1, 0.15) is 36.1 Å². The van der Waals surface area contributed by atoms with E-state index in [9.17, 15) is 16.8 Å². The molecule has 0 saturated heterocycles. The average molecular weight is 395 g/mol. The van der Waals surface area contributed by atoms with E-state index in [1.54, 1.807) is 31.2 Å². The zero-order valence-corrected chi connectivity index (χ0v) is 16.3. The maximum absolute atomic E-state index is 13.0. The summed E-state index contributed by atoms with van der Waals surface area (Å²) in [5.41, 5.74) is 3.01. The van der Waals surface area contributed by atoms with Crippen LogP contribution in [0, 0.1) is 0 Å². The van der Waals surface area contributed by atoms with Crippen molar-refractivity contribution in [1.82, 2.24) is 4.31 Å². The molecule has 1 aliphatic rings. The molecule has 8 heteroatoms. The molecule has 2 aromatic carbocycles. The third kappa shape index (κ3) is 3.55. The van der Waals surface area contributed by atoms with E-state index < -0.39 is 26.1 Å². The van der Waals surface area contributed by atoms with Gasteiger partial charge in [-0.15, -0.1) is 0 Å². The first kappa shape index (κ1) is 19.0. The number of sulfonamides is 2. The van der Waals surface area contributed by atoms with Crippen LogP contribution in [0.25, 0.3) is 0 Å². The molecular weight excluding hydrogens is 372 g/mol. The van der Waals surface area contributed by atoms with Crippen LogP contribution in [0.4, 0.5) is 0 Å². The van der Waals surface area contributed by atoms with Crippen molar-refractivity contribution in [2.24, 2.45) is 5.14 Å². The molecule has 0 unspecified atom stereocenters. The van der Waals surface area contributed by atoms with Crippen molar-refractivity contribution in [3.63, 3.8) is 0 Å². The number of fused-ring (bicyclic) bond motifs is 1. The van der Waals surface area contributed by atoms with Gasteiger partial charge in [-0.3, -0.25) is 0 Å². The van der Waals surface area contributed by atoms with Gasteiger partial charge in [0, 0.05) is 13.1 Å². The van der Waals surface area contributed by atoms with Crippen molar-refractivity contribution in [1.29, 1.82) is 0 Å². The van der Waals surface area contributed by atoms with Gasteiger partial charge in [-0.1, -0.05) is 18.2 Å². The molecule has 0 aromatic heterocycles. The SMILES string of the molecule is C[C@H](c1ccc(S(N)(=O)=O)cc1)N(C)S(=O)(=O)c1ccc2c(c1)CCC2. The Kier molecular flexibility index (Phi) is 4.96. The third-order valence-electron chi connectivity index (χ3n) is 4.98. The minimum absolute atomic E-state index is 0.00224. The molecule has 1 aliphatic carbocycles. The van der Waals surface area contributed by atoms with Gasteiger partial charge in [-0.05, 0) is 67.1 Å². The first-order valence-corrected chi connectivity index (χ1v) is 11.3. The molecular formula is C18H22N2O4S2. The molecule has 140 valence electrons. The summed E-state index contributed by atoms with van der Waals surface area (Å²) in [7, 11) is -5.90. The number of benzene rings is 2. The maximum atomic E-state index is 13.0. The summed E-state index contributed by atoms with van der Waals surface area (Å²) in [5, 5.41) is 5.10. The van der Waals surface area contributed by atoms with Gasteiger partial charge in [-0.2, -0.15) is 4.31 Å². The second kappa shape index (κ2) is 6.77. The fraction of sp³-hybridized carbons (Fsp3) is 0.333. The van der Waals surface area contributed by atoms with E-state index >= 15 is 0 Å². The second-order valence-electron chi connectivity index (χ2n) is 6.60. The van der Waals surface area contributed by atoms with Gasteiger partial charge in [0.05, 0.1) is 9.79 Å². The Morgan fingerprint density at radius 3 is 2.12 bits per heavy atom. The highest BCUT2D eigenvalue weighted by atomic mass is 32.2. The van der Waals surface area contributed by atoms with Crippen molar-refractivity contribution >= 4 is 20.0 Å². The lowest BCUT2D eigenvalue weighted by Gasteiger charge is -2.25. The van der Waals surface area contributed by atoms with Crippen molar-refractivity contribution in [3.8, 4) is 0 Å². The van der Waals surface area contributed by atoms with Gasteiger partial charge in [-0.25, -0.2) is 22.0 Å². The lowest BCUT2D eigenvalue weighted by molar-refractivity contribution is 0.398. The number of nitrogens with two attached hydrogens (primary N) is 1. The number of hydrogen-bond donors (Lipinski definition) is 1.